The van der Waals surface area contributed by atoms with Crippen molar-refractivity contribution in [1.82, 2.24) is 9.78 Å². The standard InChI is InChI=1S/C20H16N4O3S/c1-13(22)15(10-21)17(25)12-27-20(26)16-11-24(14-6-3-2-4-7-14)23-19(16)18-8-5-9-28-18/h2-9,11,15,22H,12H2,1H3. The van der Waals surface area contributed by atoms with Gasteiger partial charge in [-0.1, -0.05) is 24.3 Å². The highest BCUT2D eigenvalue weighted by Crippen LogP contribution is 2.28. The maximum Gasteiger partial charge on any atom is 0.342 e. The van der Waals surface area contributed by atoms with E-state index in [1.807, 2.05) is 47.8 Å². The number of carbonyl (C=O) groups excluding carboxylic acids is 2. The van der Waals surface area contributed by atoms with Crippen LogP contribution in [0.5, 0.6) is 0 Å². The van der Waals surface area contributed by atoms with Gasteiger partial charge in [0.15, 0.2) is 12.4 Å². The van der Waals surface area contributed by atoms with E-state index in [2.05, 4.69) is 5.10 Å². The molecule has 0 saturated heterocycles. The minimum absolute atomic E-state index is 0.0836. The van der Waals surface area contributed by atoms with Gasteiger partial charge < -0.3 is 10.1 Å². The van der Waals surface area contributed by atoms with Crippen LogP contribution in [0.4, 0.5) is 0 Å². The van der Waals surface area contributed by atoms with Gasteiger partial charge in [-0.25, -0.2) is 9.48 Å². The average molecular weight is 392 g/mol. The second-order valence-electron chi connectivity index (χ2n) is 5.94. The van der Waals surface area contributed by atoms with Crippen molar-refractivity contribution in [2.24, 2.45) is 5.92 Å². The topological polar surface area (TPSA) is 109 Å². The summed E-state index contributed by atoms with van der Waals surface area (Å²) < 4.78 is 6.70. The van der Waals surface area contributed by atoms with Crippen LogP contribution in [0.1, 0.15) is 17.3 Å². The van der Waals surface area contributed by atoms with Gasteiger partial charge in [-0.05, 0) is 30.5 Å². The fourth-order valence-electron chi connectivity index (χ4n) is 2.54. The summed E-state index contributed by atoms with van der Waals surface area (Å²) in [6.45, 7) is 0.792. The van der Waals surface area contributed by atoms with Crippen LogP contribution in [-0.2, 0) is 9.53 Å². The van der Waals surface area contributed by atoms with Crippen LogP contribution in [0.3, 0.4) is 0 Å². The van der Waals surface area contributed by atoms with Crippen LogP contribution in [0, 0.1) is 22.7 Å². The Morgan fingerprint density at radius 3 is 2.64 bits per heavy atom. The molecular weight excluding hydrogens is 376 g/mol. The molecular formula is C20H16N4O3S. The van der Waals surface area contributed by atoms with Crippen molar-refractivity contribution >= 4 is 28.8 Å². The monoisotopic (exact) mass is 392 g/mol. The van der Waals surface area contributed by atoms with Gasteiger partial charge in [-0.15, -0.1) is 11.3 Å². The van der Waals surface area contributed by atoms with Crippen molar-refractivity contribution in [2.75, 3.05) is 6.61 Å². The number of benzene rings is 1. The zero-order chi connectivity index (χ0) is 20.1. The zero-order valence-electron chi connectivity index (χ0n) is 15.0. The highest BCUT2D eigenvalue weighted by atomic mass is 32.1. The number of esters is 1. The van der Waals surface area contributed by atoms with E-state index in [-0.39, 0.29) is 11.3 Å². The third-order valence-electron chi connectivity index (χ3n) is 3.94. The Morgan fingerprint density at radius 1 is 1.29 bits per heavy atom. The number of nitriles is 1. The first-order chi connectivity index (χ1) is 13.5. The van der Waals surface area contributed by atoms with Crippen LogP contribution in [-0.4, -0.2) is 33.9 Å². The lowest BCUT2D eigenvalue weighted by atomic mass is 10.0. The average Bonchev–Trinajstić information content (AvgIpc) is 3.36. The molecule has 8 heteroatoms. The summed E-state index contributed by atoms with van der Waals surface area (Å²) in [5.41, 5.74) is 1.37. The molecule has 1 atom stereocenters. The minimum atomic E-state index is -1.21. The molecule has 0 aliphatic carbocycles. The van der Waals surface area contributed by atoms with Crippen molar-refractivity contribution in [3.05, 3.63) is 59.6 Å². The molecule has 3 aromatic rings. The number of rotatable bonds is 7. The molecule has 140 valence electrons. The summed E-state index contributed by atoms with van der Waals surface area (Å²) in [5.74, 6) is -2.55. The molecule has 1 aromatic carbocycles. The molecule has 7 nitrogen and oxygen atoms in total. The van der Waals surface area contributed by atoms with Crippen molar-refractivity contribution in [1.29, 1.82) is 10.7 Å². The number of para-hydroxylation sites is 1. The predicted molar refractivity (Wildman–Crippen MR) is 105 cm³/mol. The van der Waals surface area contributed by atoms with Crippen molar-refractivity contribution < 1.29 is 14.3 Å². The van der Waals surface area contributed by atoms with E-state index in [0.29, 0.717) is 5.69 Å². The number of nitrogens with one attached hydrogen (secondary N) is 1. The summed E-state index contributed by atoms with van der Waals surface area (Å²) in [5, 5.41) is 22.8. The quantitative estimate of drug-likeness (QED) is 0.489. The molecule has 0 aliphatic heterocycles. The Balaban J connectivity index is 1.87. The van der Waals surface area contributed by atoms with Gasteiger partial charge in [0.05, 0.1) is 16.6 Å². The molecule has 28 heavy (non-hydrogen) atoms. The largest absolute Gasteiger partial charge is 0.454 e. The number of ether oxygens (including phenoxy) is 1. The summed E-state index contributed by atoms with van der Waals surface area (Å²) in [4.78, 5) is 25.5. The lowest BCUT2D eigenvalue weighted by Crippen LogP contribution is -2.25. The van der Waals surface area contributed by atoms with Gasteiger partial charge in [-0.2, -0.15) is 10.4 Å². The van der Waals surface area contributed by atoms with Crippen molar-refractivity contribution in [2.45, 2.75) is 6.92 Å². The molecule has 3 rings (SSSR count). The second-order valence-corrected chi connectivity index (χ2v) is 6.88. The van der Waals surface area contributed by atoms with Gasteiger partial charge in [0.25, 0.3) is 0 Å². The highest BCUT2D eigenvalue weighted by molar-refractivity contribution is 7.13. The van der Waals surface area contributed by atoms with Gasteiger partial charge in [0, 0.05) is 11.9 Å². The first-order valence-corrected chi connectivity index (χ1v) is 9.22. The predicted octanol–water partition coefficient (Wildman–Crippen LogP) is 3.51. The smallest absolute Gasteiger partial charge is 0.342 e. The number of thiophene rings is 1. The molecule has 0 aliphatic rings. The van der Waals surface area contributed by atoms with Crippen LogP contribution < -0.4 is 0 Å². The Bertz CT molecular complexity index is 1050. The summed E-state index contributed by atoms with van der Waals surface area (Å²) in [6, 6.07) is 14.8. The summed E-state index contributed by atoms with van der Waals surface area (Å²) in [7, 11) is 0. The third kappa shape index (κ3) is 4.05. The number of hydrogen-bond acceptors (Lipinski definition) is 7. The lowest BCUT2D eigenvalue weighted by molar-refractivity contribution is -0.122. The van der Waals surface area contributed by atoms with E-state index in [9.17, 15) is 9.59 Å². The fourth-order valence-corrected chi connectivity index (χ4v) is 3.26. The van der Waals surface area contributed by atoms with Crippen LogP contribution in [0.25, 0.3) is 16.3 Å². The van der Waals surface area contributed by atoms with E-state index >= 15 is 0 Å². The zero-order valence-corrected chi connectivity index (χ0v) is 15.8. The van der Waals surface area contributed by atoms with Gasteiger partial charge in [0.2, 0.25) is 0 Å². The van der Waals surface area contributed by atoms with Crippen LogP contribution >= 0.6 is 11.3 Å². The van der Waals surface area contributed by atoms with Crippen molar-refractivity contribution in [3.63, 3.8) is 0 Å². The Kier molecular flexibility index (Phi) is 5.77. The molecule has 2 heterocycles. The van der Waals surface area contributed by atoms with E-state index in [1.165, 1.54) is 18.3 Å². The molecule has 1 unspecified atom stereocenters. The molecule has 2 aromatic heterocycles. The number of Topliss-reactive ketones (excluding diaryl/α,β-unsaturated/α-hetero) is 1. The second kappa shape index (κ2) is 8.41. The highest BCUT2D eigenvalue weighted by Gasteiger charge is 2.24. The normalized spacial score (nSPS) is 11.4. The lowest BCUT2D eigenvalue weighted by Gasteiger charge is -2.07. The first-order valence-electron chi connectivity index (χ1n) is 8.34. The van der Waals surface area contributed by atoms with E-state index in [0.717, 1.165) is 10.6 Å². The number of ketones is 1. The van der Waals surface area contributed by atoms with Crippen molar-refractivity contribution in [3.8, 4) is 22.3 Å². The van der Waals surface area contributed by atoms with E-state index in [1.54, 1.807) is 16.9 Å². The summed E-state index contributed by atoms with van der Waals surface area (Å²) in [6.07, 6.45) is 1.56. The number of carbonyl (C=O) groups is 2. The van der Waals surface area contributed by atoms with Crippen LogP contribution in [0.15, 0.2) is 54.0 Å². The molecule has 0 radical (unpaired) electrons. The molecule has 0 amide bonds. The van der Waals surface area contributed by atoms with Gasteiger partial charge in [0.1, 0.15) is 17.2 Å². The minimum Gasteiger partial charge on any atom is -0.454 e. The molecule has 0 fully saturated rings. The molecule has 0 spiro atoms. The van der Waals surface area contributed by atoms with E-state index in [4.69, 9.17) is 15.4 Å². The SMILES string of the molecule is CC(=N)C(C#N)C(=O)COC(=O)c1cn(-c2ccccc2)nc1-c1cccs1. The summed E-state index contributed by atoms with van der Waals surface area (Å²) >= 11 is 1.43. The van der Waals surface area contributed by atoms with Gasteiger partial charge in [-0.3, -0.25) is 4.79 Å². The van der Waals surface area contributed by atoms with Gasteiger partial charge >= 0.3 is 5.97 Å². The molecule has 1 N–H and O–H groups in total. The molecule has 0 bridgehead atoms. The Hall–Kier alpha value is -3.57. The van der Waals surface area contributed by atoms with Crippen LogP contribution in [0.2, 0.25) is 0 Å². The fraction of sp³-hybridized carbons (Fsp3) is 0.150. The third-order valence-corrected chi connectivity index (χ3v) is 4.82. The Labute approximate surface area is 165 Å². The first kappa shape index (κ1) is 19.2. The maximum absolute atomic E-state index is 12.6. The Morgan fingerprint density at radius 2 is 2.04 bits per heavy atom. The number of nitrogens with zero attached hydrogens (tertiary/aromatic N) is 3. The maximum atomic E-state index is 12.6. The number of aromatic nitrogens is 2. The molecule has 0 saturated carbocycles. The number of hydrogen-bond donors (Lipinski definition) is 1. The van der Waals surface area contributed by atoms with E-state index < -0.39 is 24.3 Å².